The highest BCUT2D eigenvalue weighted by atomic mass is 16.6. The Bertz CT molecular complexity index is 659. The number of benzene rings is 1. The van der Waals surface area contributed by atoms with Crippen LogP contribution in [0.4, 0.5) is 5.69 Å². The van der Waals surface area contributed by atoms with E-state index in [1.807, 2.05) is 13.8 Å². The van der Waals surface area contributed by atoms with Crippen molar-refractivity contribution in [2.45, 2.75) is 26.8 Å². The van der Waals surface area contributed by atoms with Crippen molar-refractivity contribution in [2.24, 2.45) is 0 Å². The monoisotopic (exact) mass is 288 g/mol. The Morgan fingerprint density at radius 1 is 1.43 bits per heavy atom. The Morgan fingerprint density at radius 3 is 2.81 bits per heavy atom. The van der Waals surface area contributed by atoms with Gasteiger partial charge in [0.15, 0.2) is 0 Å². The molecule has 0 unspecified atom stereocenters. The summed E-state index contributed by atoms with van der Waals surface area (Å²) in [6.07, 6.45) is 0.239. The number of hydrogen-bond donors (Lipinski definition) is 2. The van der Waals surface area contributed by atoms with E-state index < -0.39 is 4.92 Å². The summed E-state index contributed by atoms with van der Waals surface area (Å²) in [4.78, 5) is 22.2. The molecule has 0 saturated heterocycles. The van der Waals surface area contributed by atoms with Gasteiger partial charge in [-0.1, -0.05) is 12.1 Å². The molecule has 1 aromatic heterocycles. The molecule has 7 heteroatoms. The van der Waals surface area contributed by atoms with Crippen LogP contribution in [0.15, 0.2) is 24.3 Å². The van der Waals surface area contributed by atoms with Gasteiger partial charge in [0, 0.05) is 29.9 Å². The lowest BCUT2D eigenvalue weighted by molar-refractivity contribution is -0.384. The SMILES string of the molecule is Cc1n[nH]c(C)c1CC(=O)NCc1cccc([N+](=O)[O-])c1. The lowest BCUT2D eigenvalue weighted by Crippen LogP contribution is -2.25. The minimum atomic E-state index is -0.455. The van der Waals surface area contributed by atoms with E-state index in [4.69, 9.17) is 0 Å². The minimum Gasteiger partial charge on any atom is -0.352 e. The highest BCUT2D eigenvalue weighted by Crippen LogP contribution is 2.13. The summed E-state index contributed by atoms with van der Waals surface area (Å²) >= 11 is 0. The number of nitro groups is 1. The lowest BCUT2D eigenvalue weighted by atomic mass is 10.1. The molecule has 2 rings (SSSR count). The van der Waals surface area contributed by atoms with E-state index in [1.54, 1.807) is 12.1 Å². The lowest BCUT2D eigenvalue weighted by Gasteiger charge is -2.05. The Hall–Kier alpha value is -2.70. The molecule has 1 heterocycles. The number of H-pyrrole nitrogens is 1. The summed E-state index contributed by atoms with van der Waals surface area (Å²) in [5.74, 6) is -0.144. The number of amides is 1. The van der Waals surface area contributed by atoms with Crippen molar-refractivity contribution < 1.29 is 9.72 Å². The quantitative estimate of drug-likeness (QED) is 0.647. The van der Waals surface area contributed by atoms with Crippen LogP contribution in [0.3, 0.4) is 0 Å². The summed E-state index contributed by atoms with van der Waals surface area (Å²) in [5, 5.41) is 20.3. The van der Waals surface area contributed by atoms with Crippen molar-refractivity contribution in [3.63, 3.8) is 0 Å². The van der Waals surface area contributed by atoms with Gasteiger partial charge in [0.05, 0.1) is 17.0 Å². The molecule has 0 radical (unpaired) electrons. The standard InChI is InChI=1S/C14H16N4O3/c1-9-13(10(2)17-16-9)7-14(19)15-8-11-4-3-5-12(6-11)18(20)21/h3-6H,7-8H2,1-2H3,(H,15,19)(H,16,17). The maximum atomic E-state index is 11.9. The maximum Gasteiger partial charge on any atom is 0.269 e. The highest BCUT2D eigenvalue weighted by molar-refractivity contribution is 5.79. The van der Waals surface area contributed by atoms with Crippen LogP contribution in [0.25, 0.3) is 0 Å². The molecule has 2 N–H and O–H groups in total. The zero-order chi connectivity index (χ0) is 15.4. The molecule has 7 nitrogen and oxygen atoms in total. The topological polar surface area (TPSA) is 101 Å². The first-order valence-electron chi connectivity index (χ1n) is 6.48. The second-order valence-electron chi connectivity index (χ2n) is 4.79. The van der Waals surface area contributed by atoms with Crippen LogP contribution >= 0.6 is 0 Å². The number of non-ortho nitro benzene ring substituents is 1. The molecule has 0 atom stereocenters. The third-order valence-corrected chi connectivity index (χ3v) is 3.23. The Morgan fingerprint density at radius 2 is 2.19 bits per heavy atom. The van der Waals surface area contributed by atoms with Crippen molar-refractivity contribution in [3.8, 4) is 0 Å². The molecular weight excluding hydrogens is 272 g/mol. The van der Waals surface area contributed by atoms with Crippen LogP contribution in [-0.4, -0.2) is 21.0 Å². The summed E-state index contributed by atoms with van der Waals surface area (Å²) in [5.41, 5.74) is 3.27. The molecule has 1 aromatic carbocycles. The summed E-state index contributed by atoms with van der Waals surface area (Å²) in [7, 11) is 0. The van der Waals surface area contributed by atoms with Gasteiger partial charge >= 0.3 is 0 Å². The van der Waals surface area contributed by atoms with Gasteiger partial charge in [0.2, 0.25) is 5.91 Å². The summed E-state index contributed by atoms with van der Waals surface area (Å²) < 4.78 is 0. The molecule has 0 spiro atoms. The second-order valence-corrected chi connectivity index (χ2v) is 4.79. The number of rotatable bonds is 5. The number of nitrogens with one attached hydrogen (secondary N) is 2. The largest absolute Gasteiger partial charge is 0.352 e. The summed E-state index contributed by atoms with van der Waals surface area (Å²) in [6, 6.07) is 6.21. The van der Waals surface area contributed by atoms with Crippen LogP contribution in [0.2, 0.25) is 0 Å². The number of nitrogens with zero attached hydrogens (tertiary/aromatic N) is 2. The zero-order valence-corrected chi connectivity index (χ0v) is 11.8. The van der Waals surface area contributed by atoms with E-state index in [-0.39, 0.29) is 24.6 Å². The van der Waals surface area contributed by atoms with E-state index in [0.717, 1.165) is 17.0 Å². The van der Waals surface area contributed by atoms with Crippen LogP contribution in [0.5, 0.6) is 0 Å². The Kier molecular flexibility index (Phi) is 4.32. The molecule has 0 aliphatic rings. The fourth-order valence-corrected chi connectivity index (χ4v) is 2.04. The van der Waals surface area contributed by atoms with Crippen molar-refractivity contribution in [1.82, 2.24) is 15.5 Å². The fraction of sp³-hybridized carbons (Fsp3) is 0.286. The van der Waals surface area contributed by atoms with E-state index in [9.17, 15) is 14.9 Å². The van der Waals surface area contributed by atoms with Crippen LogP contribution < -0.4 is 5.32 Å². The van der Waals surface area contributed by atoms with Gasteiger partial charge in [0.1, 0.15) is 0 Å². The van der Waals surface area contributed by atoms with Gasteiger partial charge in [-0.3, -0.25) is 20.0 Å². The third kappa shape index (κ3) is 3.65. The van der Waals surface area contributed by atoms with Gasteiger partial charge in [-0.25, -0.2) is 0 Å². The molecule has 0 bridgehead atoms. The Balaban J connectivity index is 1.95. The second kappa shape index (κ2) is 6.17. The first-order valence-corrected chi connectivity index (χ1v) is 6.48. The Labute approximate surface area is 121 Å². The number of hydrogen-bond acceptors (Lipinski definition) is 4. The van der Waals surface area contributed by atoms with Gasteiger partial charge in [-0.05, 0) is 19.4 Å². The van der Waals surface area contributed by atoms with Crippen molar-refractivity contribution in [2.75, 3.05) is 0 Å². The number of carbonyl (C=O) groups excluding carboxylic acids is 1. The molecule has 0 aliphatic heterocycles. The fourth-order valence-electron chi connectivity index (χ4n) is 2.04. The normalized spacial score (nSPS) is 10.4. The van der Waals surface area contributed by atoms with Gasteiger partial charge < -0.3 is 5.32 Å². The number of aromatic amines is 1. The molecule has 21 heavy (non-hydrogen) atoms. The van der Waals surface area contributed by atoms with Crippen LogP contribution in [-0.2, 0) is 17.8 Å². The maximum absolute atomic E-state index is 11.9. The first-order chi connectivity index (χ1) is 9.97. The van der Waals surface area contributed by atoms with E-state index in [0.29, 0.717) is 5.56 Å². The molecule has 0 fully saturated rings. The van der Waals surface area contributed by atoms with E-state index in [1.165, 1.54) is 12.1 Å². The smallest absolute Gasteiger partial charge is 0.269 e. The summed E-state index contributed by atoms with van der Waals surface area (Å²) in [6.45, 7) is 3.96. The van der Waals surface area contributed by atoms with E-state index >= 15 is 0 Å². The molecule has 110 valence electrons. The predicted molar refractivity (Wildman–Crippen MR) is 76.7 cm³/mol. The van der Waals surface area contributed by atoms with Gasteiger partial charge in [-0.2, -0.15) is 5.10 Å². The van der Waals surface area contributed by atoms with Gasteiger partial charge in [0.25, 0.3) is 5.69 Å². The van der Waals surface area contributed by atoms with E-state index in [2.05, 4.69) is 15.5 Å². The molecular formula is C14H16N4O3. The van der Waals surface area contributed by atoms with Crippen molar-refractivity contribution >= 4 is 11.6 Å². The van der Waals surface area contributed by atoms with Gasteiger partial charge in [-0.15, -0.1) is 0 Å². The van der Waals surface area contributed by atoms with Crippen LogP contribution in [0.1, 0.15) is 22.5 Å². The van der Waals surface area contributed by atoms with Crippen molar-refractivity contribution in [1.29, 1.82) is 0 Å². The minimum absolute atomic E-state index is 0.0169. The number of aromatic nitrogens is 2. The molecule has 0 aliphatic carbocycles. The molecule has 2 aromatic rings. The van der Waals surface area contributed by atoms with Crippen LogP contribution in [0, 0.1) is 24.0 Å². The molecule has 0 saturated carbocycles. The first kappa shape index (κ1) is 14.7. The number of carbonyl (C=O) groups is 1. The third-order valence-electron chi connectivity index (χ3n) is 3.23. The number of aryl methyl sites for hydroxylation is 2. The van der Waals surface area contributed by atoms with Crippen molar-refractivity contribution in [3.05, 3.63) is 56.9 Å². The zero-order valence-electron chi connectivity index (χ0n) is 11.8. The highest BCUT2D eigenvalue weighted by Gasteiger charge is 2.12. The number of nitro benzene ring substituents is 1. The average Bonchev–Trinajstić information content (AvgIpc) is 2.77. The average molecular weight is 288 g/mol. The predicted octanol–water partition coefficient (Wildman–Crippen LogP) is 1.79. The molecule has 1 amide bonds.